The maximum Gasteiger partial charge on any atom is 0.220 e. The van der Waals surface area contributed by atoms with Crippen molar-refractivity contribution in [1.82, 2.24) is 20.1 Å². The van der Waals surface area contributed by atoms with Gasteiger partial charge in [-0.2, -0.15) is 5.10 Å². The van der Waals surface area contributed by atoms with Crippen molar-refractivity contribution in [3.63, 3.8) is 0 Å². The van der Waals surface area contributed by atoms with Gasteiger partial charge in [-0.05, 0) is 31.4 Å². The van der Waals surface area contributed by atoms with Crippen LogP contribution >= 0.6 is 0 Å². The second-order valence-corrected chi connectivity index (χ2v) is 5.01. The van der Waals surface area contributed by atoms with E-state index < -0.39 is 0 Å². The van der Waals surface area contributed by atoms with Gasteiger partial charge < -0.3 is 5.32 Å². The minimum absolute atomic E-state index is 0.0867. The summed E-state index contributed by atoms with van der Waals surface area (Å²) < 4.78 is 1.89. The fourth-order valence-corrected chi connectivity index (χ4v) is 2.68. The number of nitrogens with one attached hydrogen (secondary N) is 1. The lowest BCUT2D eigenvalue weighted by atomic mass is 9.93. The normalized spacial score (nSPS) is 17.6. The number of aromatic nitrogens is 3. The van der Waals surface area contributed by atoms with E-state index in [4.69, 9.17) is 0 Å². The van der Waals surface area contributed by atoms with E-state index in [1.54, 1.807) is 6.20 Å². The number of hydrogen-bond acceptors (Lipinski definition) is 3. The SMILES string of the molecule is CCC(=O)NC1CCCc2c1cnn2-c1ccccn1. The molecule has 0 aromatic carbocycles. The third-order valence-corrected chi connectivity index (χ3v) is 3.71. The van der Waals surface area contributed by atoms with Crippen LogP contribution in [0, 0.1) is 0 Å². The molecular weight excluding hydrogens is 252 g/mol. The van der Waals surface area contributed by atoms with Gasteiger partial charge in [0.1, 0.15) is 0 Å². The second-order valence-electron chi connectivity index (χ2n) is 5.01. The summed E-state index contributed by atoms with van der Waals surface area (Å²) in [6.45, 7) is 1.87. The topological polar surface area (TPSA) is 59.8 Å². The molecule has 0 fully saturated rings. The fraction of sp³-hybridized carbons (Fsp3) is 0.400. The van der Waals surface area contributed by atoms with Gasteiger partial charge in [-0.1, -0.05) is 13.0 Å². The molecule has 0 aliphatic heterocycles. The van der Waals surface area contributed by atoms with Crippen LogP contribution in [0.3, 0.4) is 0 Å². The Labute approximate surface area is 118 Å². The van der Waals surface area contributed by atoms with Crippen molar-refractivity contribution in [2.24, 2.45) is 0 Å². The Morgan fingerprint density at radius 2 is 2.40 bits per heavy atom. The molecule has 1 amide bonds. The first kappa shape index (κ1) is 12.8. The quantitative estimate of drug-likeness (QED) is 0.930. The molecule has 3 rings (SSSR count). The van der Waals surface area contributed by atoms with Gasteiger partial charge in [0.15, 0.2) is 5.82 Å². The Morgan fingerprint density at radius 1 is 1.50 bits per heavy atom. The first-order chi connectivity index (χ1) is 9.79. The van der Waals surface area contributed by atoms with Gasteiger partial charge in [0.05, 0.1) is 17.9 Å². The van der Waals surface area contributed by atoms with Crippen LogP contribution in [-0.4, -0.2) is 20.7 Å². The average Bonchev–Trinajstić information content (AvgIpc) is 2.93. The van der Waals surface area contributed by atoms with Crippen molar-refractivity contribution < 1.29 is 4.79 Å². The van der Waals surface area contributed by atoms with E-state index in [9.17, 15) is 4.79 Å². The molecule has 5 heteroatoms. The van der Waals surface area contributed by atoms with Crippen LogP contribution in [0.5, 0.6) is 0 Å². The molecule has 0 radical (unpaired) electrons. The zero-order valence-corrected chi connectivity index (χ0v) is 11.5. The van der Waals surface area contributed by atoms with Crippen molar-refractivity contribution in [3.8, 4) is 5.82 Å². The Kier molecular flexibility index (Phi) is 3.50. The maximum absolute atomic E-state index is 11.6. The van der Waals surface area contributed by atoms with Crippen LogP contribution in [0.25, 0.3) is 5.82 Å². The third kappa shape index (κ3) is 2.31. The maximum atomic E-state index is 11.6. The number of amides is 1. The summed E-state index contributed by atoms with van der Waals surface area (Å²) in [6, 6.07) is 5.88. The van der Waals surface area contributed by atoms with Gasteiger partial charge in [0.25, 0.3) is 0 Å². The largest absolute Gasteiger partial charge is 0.349 e. The Balaban J connectivity index is 1.93. The highest BCUT2D eigenvalue weighted by molar-refractivity contribution is 5.76. The minimum Gasteiger partial charge on any atom is -0.349 e. The Bertz CT molecular complexity index is 606. The van der Waals surface area contributed by atoms with Crippen LogP contribution in [0.4, 0.5) is 0 Å². The third-order valence-electron chi connectivity index (χ3n) is 3.71. The summed E-state index contributed by atoms with van der Waals surface area (Å²) in [5, 5.41) is 7.53. The zero-order chi connectivity index (χ0) is 13.9. The number of hydrogen-bond donors (Lipinski definition) is 1. The number of rotatable bonds is 3. The minimum atomic E-state index is 0.0867. The average molecular weight is 270 g/mol. The van der Waals surface area contributed by atoms with Crippen molar-refractivity contribution in [3.05, 3.63) is 41.9 Å². The number of carbonyl (C=O) groups is 1. The molecule has 1 atom stereocenters. The van der Waals surface area contributed by atoms with E-state index in [-0.39, 0.29) is 11.9 Å². The molecular formula is C15H18N4O. The highest BCUT2D eigenvalue weighted by Crippen LogP contribution is 2.30. The smallest absolute Gasteiger partial charge is 0.220 e. The van der Waals surface area contributed by atoms with Crippen LogP contribution < -0.4 is 5.32 Å². The molecule has 104 valence electrons. The predicted octanol–water partition coefficient (Wildman–Crippen LogP) is 2.17. The van der Waals surface area contributed by atoms with E-state index in [0.717, 1.165) is 36.3 Å². The summed E-state index contributed by atoms with van der Waals surface area (Å²) in [5.74, 6) is 0.921. The standard InChI is InChI=1S/C15H18N4O/c1-2-15(20)18-12-6-5-7-13-11(12)10-17-19(13)14-8-3-4-9-16-14/h3-4,8-10,12H,2,5-7H2,1H3,(H,18,20). The summed E-state index contributed by atoms with van der Waals surface area (Å²) in [4.78, 5) is 16.0. The molecule has 5 nitrogen and oxygen atoms in total. The first-order valence-electron chi connectivity index (χ1n) is 7.07. The second kappa shape index (κ2) is 5.45. The van der Waals surface area contributed by atoms with Crippen LogP contribution in [0.15, 0.2) is 30.6 Å². The molecule has 1 aliphatic rings. The Hall–Kier alpha value is -2.17. The number of pyridine rings is 1. The van der Waals surface area contributed by atoms with Gasteiger partial charge in [-0.25, -0.2) is 9.67 Å². The van der Waals surface area contributed by atoms with Crippen molar-refractivity contribution in [2.45, 2.75) is 38.6 Å². The number of nitrogens with zero attached hydrogens (tertiary/aromatic N) is 3. The summed E-state index contributed by atoms with van der Waals surface area (Å²) in [5.41, 5.74) is 2.29. The summed E-state index contributed by atoms with van der Waals surface area (Å²) in [6.07, 6.45) is 7.16. The molecule has 2 aromatic rings. The van der Waals surface area contributed by atoms with Crippen molar-refractivity contribution in [1.29, 1.82) is 0 Å². The van der Waals surface area contributed by atoms with Gasteiger partial charge in [-0.15, -0.1) is 0 Å². The molecule has 2 heterocycles. The van der Waals surface area contributed by atoms with Gasteiger partial charge in [-0.3, -0.25) is 4.79 Å². The van der Waals surface area contributed by atoms with Crippen LogP contribution in [0.1, 0.15) is 43.5 Å². The predicted molar refractivity (Wildman–Crippen MR) is 75.5 cm³/mol. The lowest BCUT2D eigenvalue weighted by Gasteiger charge is -2.23. The fourth-order valence-electron chi connectivity index (χ4n) is 2.68. The molecule has 1 unspecified atom stereocenters. The lowest BCUT2D eigenvalue weighted by molar-refractivity contribution is -0.121. The summed E-state index contributed by atoms with van der Waals surface area (Å²) >= 11 is 0. The van der Waals surface area contributed by atoms with Crippen molar-refractivity contribution >= 4 is 5.91 Å². The Morgan fingerprint density at radius 3 is 3.15 bits per heavy atom. The van der Waals surface area contributed by atoms with Crippen LogP contribution in [0.2, 0.25) is 0 Å². The van der Waals surface area contributed by atoms with Crippen molar-refractivity contribution in [2.75, 3.05) is 0 Å². The zero-order valence-electron chi connectivity index (χ0n) is 11.5. The van der Waals surface area contributed by atoms with E-state index in [1.165, 1.54) is 0 Å². The highest BCUT2D eigenvalue weighted by atomic mass is 16.1. The molecule has 2 aromatic heterocycles. The van der Waals surface area contributed by atoms with Crippen LogP contribution in [-0.2, 0) is 11.2 Å². The molecule has 20 heavy (non-hydrogen) atoms. The van der Waals surface area contributed by atoms with E-state index in [2.05, 4.69) is 15.4 Å². The molecule has 0 spiro atoms. The molecule has 0 bridgehead atoms. The van der Waals surface area contributed by atoms with Gasteiger partial charge in [0, 0.05) is 18.2 Å². The van der Waals surface area contributed by atoms with E-state index in [0.29, 0.717) is 6.42 Å². The van der Waals surface area contributed by atoms with E-state index >= 15 is 0 Å². The molecule has 1 N–H and O–H groups in total. The lowest BCUT2D eigenvalue weighted by Crippen LogP contribution is -2.30. The van der Waals surface area contributed by atoms with Gasteiger partial charge >= 0.3 is 0 Å². The monoisotopic (exact) mass is 270 g/mol. The number of fused-ring (bicyclic) bond motifs is 1. The number of carbonyl (C=O) groups excluding carboxylic acids is 1. The molecule has 0 saturated heterocycles. The highest BCUT2D eigenvalue weighted by Gasteiger charge is 2.25. The summed E-state index contributed by atoms with van der Waals surface area (Å²) in [7, 11) is 0. The molecule has 1 aliphatic carbocycles. The van der Waals surface area contributed by atoms with Gasteiger partial charge in [0.2, 0.25) is 5.91 Å². The van der Waals surface area contributed by atoms with E-state index in [1.807, 2.05) is 36.0 Å². The molecule has 0 saturated carbocycles. The first-order valence-corrected chi connectivity index (χ1v) is 7.07.